The van der Waals surface area contributed by atoms with Gasteiger partial charge >= 0.3 is 0 Å². The Hall–Kier alpha value is -2.51. The van der Waals surface area contributed by atoms with E-state index in [4.69, 9.17) is 9.47 Å². The Morgan fingerprint density at radius 2 is 1.77 bits per heavy atom. The lowest BCUT2D eigenvalue weighted by Gasteiger charge is -2.19. The van der Waals surface area contributed by atoms with Crippen molar-refractivity contribution in [2.75, 3.05) is 25.7 Å². The maximum Gasteiger partial charge on any atom is 0.255 e. The van der Waals surface area contributed by atoms with Crippen LogP contribution in [-0.4, -0.2) is 43.6 Å². The van der Waals surface area contributed by atoms with Gasteiger partial charge in [0.2, 0.25) is 5.91 Å². The maximum absolute atomic E-state index is 12.8. The molecule has 0 spiro atoms. The zero-order chi connectivity index (χ0) is 21.8. The van der Waals surface area contributed by atoms with Gasteiger partial charge in [-0.3, -0.25) is 9.59 Å². The number of ether oxygens (including phenoxy) is 2. The molecule has 2 aromatic rings. The smallest absolute Gasteiger partial charge is 0.255 e. The van der Waals surface area contributed by atoms with Crippen molar-refractivity contribution in [3.63, 3.8) is 0 Å². The zero-order valence-corrected chi connectivity index (χ0v) is 18.6. The second-order valence-corrected chi connectivity index (χ2v) is 7.66. The number of hydrogen-bond donors (Lipinski definition) is 2. The number of nitrogens with one attached hydrogen (secondary N) is 2. The van der Waals surface area contributed by atoms with E-state index in [0.29, 0.717) is 37.5 Å². The van der Waals surface area contributed by atoms with E-state index in [-0.39, 0.29) is 11.8 Å². The van der Waals surface area contributed by atoms with Gasteiger partial charge in [0.15, 0.2) is 0 Å². The van der Waals surface area contributed by atoms with Crippen molar-refractivity contribution in [1.82, 2.24) is 10.6 Å². The average molecular weight is 431 g/mol. The van der Waals surface area contributed by atoms with Crippen molar-refractivity contribution in [2.45, 2.75) is 32.5 Å². The molecule has 0 bridgehead atoms. The van der Waals surface area contributed by atoms with Gasteiger partial charge in [-0.2, -0.15) is 11.8 Å². The Morgan fingerprint density at radius 1 is 1.07 bits per heavy atom. The Kier molecular flexibility index (Phi) is 10.2. The van der Waals surface area contributed by atoms with Gasteiger partial charge in [-0.15, -0.1) is 0 Å². The first-order chi connectivity index (χ1) is 14.6. The SMILES string of the molecule is CCOCc1ccc(CNC(=O)C(CCSC)NC(=O)c2ccccc2OC)cc1. The third-order valence-electron chi connectivity index (χ3n) is 4.55. The number of hydrogen-bond acceptors (Lipinski definition) is 5. The summed E-state index contributed by atoms with van der Waals surface area (Å²) in [5, 5.41) is 5.78. The fraction of sp³-hybridized carbons (Fsp3) is 0.391. The predicted molar refractivity (Wildman–Crippen MR) is 121 cm³/mol. The molecular formula is C23H30N2O4S. The summed E-state index contributed by atoms with van der Waals surface area (Å²) >= 11 is 1.63. The molecule has 2 aromatic carbocycles. The second-order valence-electron chi connectivity index (χ2n) is 6.68. The molecule has 0 saturated carbocycles. The highest BCUT2D eigenvalue weighted by molar-refractivity contribution is 7.98. The highest BCUT2D eigenvalue weighted by atomic mass is 32.2. The number of methoxy groups -OCH3 is 1. The van der Waals surface area contributed by atoms with Crippen LogP contribution in [0.5, 0.6) is 5.75 Å². The van der Waals surface area contributed by atoms with Gasteiger partial charge in [0.05, 0.1) is 19.3 Å². The molecule has 1 atom stereocenters. The summed E-state index contributed by atoms with van der Waals surface area (Å²) in [6, 6.07) is 14.3. The van der Waals surface area contributed by atoms with Gasteiger partial charge in [-0.1, -0.05) is 36.4 Å². The van der Waals surface area contributed by atoms with Crippen LogP contribution in [0.2, 0.25) is 0 Å². The zero-order valence-electron chi connectivity index (χ0n) is 17.8. The van der Waals surface area contributed by atoms with Crippen molar-refractivity contribution < 1.29 is 19.1 Å². The summed E-state index contributed by atoms with van der Waals surface area (Å²) in [5.41, 5.74) is 2.49. The molecule has 0 fully saturated rings. The van der Waals surface area contributed by atoms with Crippen LogP contribution in [0.25, 0.3) is 0 Å². The number of rotatable bonds is 12. The van der Waals surface area contributed by atoms with Crippen molar-refractivity contribution >= 4 is 23.6 Å². The van der Waals surface area contributed by atoms with Gasteiger partial charge in [-0.05, 0) is 48.6 Å². The van der Waals surface area contributed by atoms with E-state index >= 15 is 0 Å². The Balaban J connectivity index is 1.98. The predicted octanol–water partition coefficient (Wildman–Crippen LogP) is 3.40. The molecular weight excluding hydrogens is 400 g/mol. The molecule has 0 aliphatic rings. The molecule has 162 valence electrons. The van der Waals surface area contributed by atoms with E-state index in [1.165, 1.54) is 7.11 Å². The van der Waals surface area contributed by atoms with Gasteiger partial charge in [0, 0.05) is 13.2 Å². The lowest BCUT2D eigenvalue weighted by atomic mass is 10.1. The van der Waals surface area contributed by atoms with Gasteiger partial charge in [-0.25, -0.2) is 0 Å². The highest BCUT2D eigenvalue weighted by Gasteiger charge is 2.22. The number of benzene rings is 2. The largest absolute Gasteiger partial charge is 0.496 e. The van der Waals surface area contributed by atoms with Gasteiger partial charge < -0.3 is 20.1 Å². The second kappa shape index (κ2) is 12.9. The third-order valence-corrected chi connectivity index (χ3v) is 5.19. The lowest BCUT2D eigenvalue weighted by Crippen LogP contribution is -2.47. The first kappa shape index (κ1) is 23.8. The molecule has 7 heteroatoms. The molecule has 1 unspecified atom stereocenters. The molecule has 0 saturated heterocycles. The summed E-state index contributed by atoms with van der Waals surface area (Å²) in [7, 11) is 1.52. The monoisotopic (exact) mass is 430 g/mol. The normalized spacial score (nSPS) is 11.6. The summed E-state index contributed by atoms with van der Waals surface area (Å²) in [4.78, 5) is 25.5. The number of carbonyl (C=O) groups excluding carboxylic acids is 2. The Morgan fingerprint density at radius 3 is 2.43 bits per heavy atom. The highest BCUT2D eigenvalue weighted by Crippen LogP contribution is 2.17. The topological polar surface area (TPSA) is 76.7 Å². The molecule has 6 nitrogen and oxygen atoms in total. The molecule has 0 heterocycles. The van der Waals surface area contributed by atoms with E-state index in [2.05, 4.69) is 10.6 Å². The first-order valence-electron chi connectivity index (χ1n) is 9.95. The number of thioether (sulfide) groups is 1. The molecule has 30 heavy (non-hydrogen) atoms. The van der Waals surface area contributed by atoms with E-state index in [9.17, 15) is 9.59 Å². The summed E-state index contributed by atoms with van der Waals surface area (Å²) in [6.45, 7) is 3.61. The van der Waals surface area contributed by atoms with Gasteiger partial charge in [0.1, 0.15) is 11.8 Å². The third kappa shape index (κ3) is 7.39. The van der Waals surface area contributed by atoms with Crippen LogP contribution in [0.1, 0.15) is 34.8 Å². The molecule has 2 N–H and O–H groups in total. The minimum atomic E-state index is -0.618. The number of carbonyl (C=O) groups is 2. The molecule has 0 aliphatic heterocycles. The minimum Gasteiger partial charge on any atom is -0.496 e. The van der Waals surface area contributed by atoms with Crippen molar-refractivity contribution in [3.05, 3.63) is 65.2 Å². The standard InChI is InChI=1S/C23H30N2O4S/c1-4-29-16-18-11-9-17(10-12-18)15-24-23(27)20(13-14-30-3)25-22(26)19-7-5-6-8-21(19)28-2/h5-12,20H,4,13-16H2,1-3H3,(H,24,27)(H,25,26). The molecule has 0 aromatic heterocycles. The fourth-order valence-corrected chi connectivity index (χ4v) is 3.33. The molecule has 0 radical (unpaired) electrons. The van der Waals surface area contributed by atoms with Crippen molar-refractivity contribution in [3.8, 4) is 5.75 Å². The Labute approximate surface area is 182 Å². The van der Waals surface area contributed by atoms with E-state index in [0.717, 1.165) is 16.9 Å². The molecule has 0 aliphatic carbocycles. The van der Waals surface area contributed by atoms with Crippen LogP contribution >= 0.6 is 11.8 Å². The lowest BCUT2D eigenvalue weighted by molar-refractivity contribution is -0.123. The number of amides is 2. The van der Waals surface area contributed by atoms with E-state index in [1.807, 2.05) is 37.4 Å². The van der Waals surface area contributed by atoms with Crippen LogP contribution < -0.4 is 15.4 Å². The first-order valence-corrected chi connectivity index (χ1v) is 11.3. The van der Waals surface area contributed by atoms with Crippen molar-refractivity contribution in [1.29, 1.82) is 0 Å². The van der Waals surface area contributed by atoms with Crippen LogP contribution in [0, 0.1) is 0 Å². The summed E-state index contributed by atoms with van der Waals surface area (Å²) in [6.07, 6.45) is 2.52. The van der Waals surface area contributed by atoms with E-state index in [1.54, 1.807) is 36.0 Å². The summed E-state index contributed by atoms with van der Waals surface area (Å²) < 4.78 is 10.7. The van der Waals surface area contributed by atoms with Crippen LogP contribution in [0.3, 0.4) is 0 Å². The van der Waals surface area contributed by atoms with Crippen LogP contribution in [-0.2, 0) is 22.7 Å². The average Bonchev–Trinajstić information content (AvgIpc) is 2.79. The quantitative estimate of drug-likeness (QED) is 0.540. The number of para-hydroxylation sites is 1. The van der Waals surface area contributed by atoms with Crippen molar-refractivity contribution in [2.24, 2.45) is 0 Å². The Bertz CT molecular complexity index is 811. The minimum absolute atomic E-state index is 0.203. The fourth-order valence-electron chi connectivity index (χ4n) is 2.86. The maximum atomic E-state index is 12.8. The summed E-state index contributed by atoms with van der Waals surface area (Å²) in [5.74, 6) is 0.710. The van der Waals surface area contributed by atoms with Crippen LogP contribution in [0.4, 0.5) is 0 Å². The van der Waals surface area contributed by atoms with Crippen LogP contribution in [0.15, 0.2) is 48.5 Å². The molecule has 2 rings (SSSR count). The molecule has 2 amide bonds. The van der Waals surface area contributed by atoms with E-state index < -0.39 is 6.04 Å². The van der Waals surface area contributed by atoms with Gasteiger partial charge in [0.25, 0.3) is 5.91 Å².